The summed E-state index contributed by atoms with van der Waals surface area (Å²) in [7, 11) is 0. The number of Topliss-reactive ketones (excluding diaryl/α,β-unsaturated/α-hetero) is 1. The summed E-state index contributed by atoms with van der Waals surface area (Å²) in [5.74, 6) is -0.663. The molecule has 1 aliphatic heterocycles. The second-order valence-electron chi connectivity index (χ2n) is 6.22. The van der Waals surface area contributed by atoms with Gasteiger partial charge in [-0.25, -0.2) is 0 Å². The highest BCUT2D eigenvalue weighted by Gasteiger charge is 2.40. The number of fused-ring (bicyclic) bond motifs is 2. The van der Waals surface area contributed by atoms with Gasteiger partial charge in [0.1, 0.15) is 0 Å². The maximum Gasteiger partial charge on any atom is 0.269 e. The summed E-state index contributed by atoms with van der Waals surface area (Å²) in [6.45, 7) is 1.80. The third-order valence-electron chi connectivity index (χ3n) is 4.81. The molecule has 4 rings (SSSR count). The van der Waals surface area contributed by atoms with Gasteiger partial charge in [0.25, 0.3) is 5.69 Å². The Morgan fingerprint density at radius 1 is 1.12 bits per heavy atom. The summed E-state index contributed by atoms with van der Waals surface area (Å²) >= 11 is 0. The van der Waals surface area contributed by atoms with Crippen LogP contribution in [0, 0.1) is 21.4 Å². The van der Waals surface area contributed by atoms with Crippen LogP contribution >= 0.6 is 0 Å². The zero-order valence-electron chi connectivity index (χ0n) is 13.8. The minimum absolute atomic E-state index is 0.0304. The molecule has 0 bridgehead atoms. The van der Waals surface area contributed by atoms with Crippen LogP contribution in [-0.2, 0) is 0 Å². The van der Waals surface area contributed by atoms with Crippen molar-refractivity contribution in [2.45, 2.75) is 12.8 Å². The molecule has 1 aliphatic carbocycles. The predicted molar refractivity (Wildman–Crippen MR) is 95.0 cm³/mol. The fourth-order valence-corrected chi connectivity index (χ4v) is 3.60. The Morgan fingerprint density at radius 2 is 1.77 bits per heavy atom. The number of nitrogens with one attached hydrogen (secondary N) is 1. The number of nitro benzene ring substituents is 1. The molecule has 0 radical (unpaired) electrons. The van der Waals surface area contributed by atoms with Gasteiger partial charge in [-0.05, 0) is 12.5 Å². The molecule has 2 aromatic carbocycles. The van der Waals surface area contributed by atoms with Crippen LogP contribution in [0.3, 0.4) is 0 Å². The highest BCUT2D eigenvalue weighted by molar-refractivity contribution is 6.22. The molecular weight excluding hydrogens is 330 g/mol. The minimum atomic E-state index is -0.544. The number of benzene rings is 2. The number of dihydropyridines is 1. The van der Waals surface area contributed by atoms with Gasteiger partial charge in [0.2, 0.25) is 0 Å². The molecule has 0 fully saturated rings. The standard InChI is InChI=1S/C20H13N3O3/c1-11-16(10-21)17(12-6-8-13(9-7-12)23(25)26)18-19(22-11)14-4-2-3-5-15(14)20(18)24/h2-9,17,22H,1H3. The largest absolute Gasteiger partial charge is 0.357 e. The van der Waals surface area contributed by atoms with E-state index < -0.39 is 10.8 Å². The van der Waals surface area contributed by atoms with Crippen LogP contribution in [0.1, 0.15) is 34.3 Å². The van der Waals surface area contributed by atoms with Gasteiger partial charge < -0.3 is 5.32 Å². The molecule has 1 N–H and O–H groups in total. The third-order valence-corrected chi connectivity index (χ3v) is 4.81. The zero-order valence-corrected chi connectivity index (χ0v) is 13.8. The van der Waals surface area contributed by atoms with Crippen molar-refractivity contribution in [2.75, 3.05) is 0 Å². The lowest BCUT2D eigenvalue weighted by molar-refractivity contribution is -0.384. The molecule has 0 amide bonds. The van der Waals surface area contributed by atoms with Crippen molar-refractivity contribution in [3.63, 3.8) is 0 Å². The molecule has 0 spiro atoms. The van der Waals surface area contributed by atoms with Crippen molar-refractivity contribution in [1.29, 1.82) is 5.26 Å². The topological polar surface area (TPSA) is 96.0 Å². The van der Waals surface area contributed by atoms with Crippen LogP contribution in [0.15, 0.2) is 65.4 Å². The second-order valence-corrected chi connectivity index (χ2v) is 6.22. The first kappa shape index (κ1) is 15.8. The van der Waals surface area contributed by atoms with Gasteiger partial charge in [-0.1, -0.05) is 36.4 Å². The molecule has 2 aromatic rings. The minimum Gasteiger partial charge on any atom is -0.357 e. The fourth-order valence-electron chi connectivity index (χ4n) is 3.60. The van der Waals surface area contributed by atoms with E-state index in [1.165, 1.54) is 12.1 Å². The number of nitrogens with zero attached hydrogens (tertiary/aromatic N) is 2. The van der Waals surface area contributed by atoms with Crippen molar-refractivity contribution < 1.29 is 9.72 Å². The fraction of sp³-hybridized carbons (Fsp3) is 0.100. The average Bonchev–Trinajstić information content (AvgIpc) is 2.93. The summed E-state index contributed by atoms with van der Waals surface area (Å²) in [6, 6.07) is 15.5. The van der Waals surface area contributed by atoms with E-state index in [1.54, 1.807) is 25.1 Å². The van der Waals surface area contributed by atoms with Crippen molar-refractivity contribution in [3.8, 4) is 6.07 Å². The Bertz CT molecular complexity index is 1070. The molecule has 6 heteroatoms. The number of carbonyl (C=O) groups is 1. The number of carbonyl (C=O) groups excluding carboxylic acids is 1. The zero-order chi connectivity index (χ0) is 18.4. The number of ketones is 1. The average molecular weight is 343 g/mol. The van der Waals surface area contributed by atoms with Gasteiger partial charge in [-0.2, -0.15) is 5.26 Å². The van der Waals surface area contributed by atoms with E-state index in [2.05, 4.69) is 11.4 Å². The molecule has 0 aromatic heterocycles. The number of nitro groups is 1. The molecule has 0 saturated carbocycles. The van der Waals surface area contributed by atoms with Gasteiger partial charge in [0.15, 0.2) is 5.78 Å². The van der Waals surface area contributed by atoms with Gasteiger partial charge in [0, 0.05) is 34.5 Å². The van der Waals surface area contributed by atoms with E-state index in [0.29, 0.717) is 33.7 Å². The van der Waals surface area contributed by atoms with Crippen LogP contribution in [0.2, 0.25) is 0 Å². The Labute approximate surface area is 149 Å². The normalized spacial score (nSPS) is 18.2. The van der Waals surface area contributed by atoms with Crippen LogP contribution in [0.4, 0.5) is 5.69 Å². The quantitative estimate of drug-likeness (QED) is 0.663. The number of nitriles is 1. The van der Waals surface area contributed by atoms with E-state index >= 15 is 0 Å². The van der Waals surface area contributed by atoms with Crippen molar-refractivity contribution in [2.24, 2.45) is 0 Å². The summed E-state index contributed by atoms with van der Waals surface area (Å²) < 4.78 is 0. The lowest BCUT2D eigenvalue weighted by Gasteiger charge is -2.26. The van der Waals surface area contributed by atoms with Crippen molar-refractivity contribution >= 4 is 17.2 Å². The van der Waals surface area contributed by atoms with Gasteiger partial charge in [-0.15, -0.1) is 0 Å². The molecule has 0 saturated heterocycles. The lowest BCUT2D eigenvalue weighted by atomic mass is 9.80. The van der Waals surface area contributed by atoms with E-state index in [4.69, 9.17) is 0 Å². The summed E-state index contributed by atoms with van der Waals surface area (Å²) in [4.78, 5) is 23.5. The van der Waals surface area contributed by atoms with Crippen molar-refractivity contribution in [1.82, 2.24) is 5.32 Å². The smallest absolute Gasteiger partial charge is 0.269 e. The second kappa shape index (κ2) is 5.67. The highest BCUT2D eigenvalue weighted by Crippen LogP contribution is 2.46. The summed E-state index contributed by atoms with van der Waals surface area (Å²) in [6.07, 6.45) is 0. The van der Waals surface area contributed by atoms with Crippen LogP contribution < -0.4 is 5.32 Å². The van der Waals surface area contributed by atoms with E-state index in [1.807, 2.05) is 18.2 Å². The first-order valence-corrected chi connectivity index (χ1v) is 8.03. The first-order valence-electron chi connectivity index (χ1n) is 8.03. The van der Waals surface area contributed by atoms with E-state index in [9.17, 15) is 20.2 Å². The van der Waals surface area contributed by atoms with Crippen LogP contribution in [0.25, 0.3) is 5.70 Å². The van der Waals surface area contributed by atoms with Crippen LogP contribution in [-0.4, -0.2) is 10.7 Å². The number of hydrogen-bond donors (Lipinski definition) is 1. The SMILES string of the molecule is CC1=C(C#N)C(c2ccc([N+](=O)[O-])cc2)C2=C(N1)c1ccccc1C2=O. The summed E-state index contributed by atoms with van der Waals surface area (Å²) in [5, 5.41) is 23.8. The number of allylic oxidation sites excluding steroid dienone is 3. The number of rotatable bonds is 2. The third kappa shape index (κ3) is 2.15. The number of hydrogen-bond acceptors (Lipinski definition) is 5. The van der Waals surface area contributed by atoms with Gasteiger partial charge in [0.05, 0.1) is 28.2 Å². The Morgan fingerprint density at radius 3 is 2.38 bits per heavy atom. The molecule has 126 valence electrons. The molecule has 1 heterocycles. The van der Waals surface area contributed by atoms with E-state index in [0.717, 1.165) is 5.56 Å². The Hall–Kier alpha value is -3.72. The molecule has 6 nitrogen and oxygen atoms in total. The Balaban J connectivity index is 1.91. The summed E-state index contributed by atoms with van der Waals surface area (Å²) in [5.41, 5.74) is 4.42. The Kier molecular flexibility index (Phi) is 3.44. The highest BCUT2D eigenvalue weighted by atomic mass is 16.6. The predicted octanol–water partition coefficient (Wildman–Crippen LogP) is 3.69. The van der Waals surface area contributed by atoms with Crippen molar-refractivity contribution in [3.05, 3.63) is 92.2 Å². The first-order chi connectivity index (χ1) is 12.5. The molecule has 2 aliphatic rings. The maximum absolute atomic E-state index is 13.0. The molecule has 26 heavy (non-hydrogen) atoms. The van der Waals surface area contributed by atoms with E-state index in [-0.39, 0.29) is 11.5 Å². The molecule has 1 unspecified atom stereocenters. The van der Waals surface area contributed by atoms with Gasteiger partial charge in [-0.3, -0.25) is 14.9 Å². The lowest BCUT2D eigenvalue weighted by Crippen LogP contribution is -2.24. The van der Waals surface area contributed by atoms with Crippen LogP contribution in [0.5, 0.6) is 0 Å². The number of non-ortho nitro benzene ring substituents is 1. The molecule has 1 atom stereocenters. The molecular formula is C20H13N3O3. The van der Waals surface area contributed by atoms with Gasteiger partial charge >= 0.3 is 0 Å². The monoisotopic (exact) mass is 343 g/mol. The maximum atomic E-state index is 13.0.